The molecule has 3 atom stereocenters. The summed E-state index contributed by atoms with van der Waals surface area (Å²) >= 11 is 14.2. The Morgan fingerprint density at radius 1 is 0.843 bits per heavy atom. The Balaban J connectivity index is 1.08. The number of nitrogens with zero attached hydrogens (tertiary/aromatic N) is 4. The minimum absolute atomic E-state index is 0.0679. The van der Waals surface area contributed by atoms with Gasteiger partial charge in [0, 0.05) is 73.4 Å². The lowest BCUT2D eigenvalue weighted by molar-refractivity contribution is -0.120. The Kier molecular flexibility index (Phi) is 10.4. The van der Waals surface area contributed by atoms with Gasteiger partial charge in [0.15, 0.2) is 0 Å². The summed E-state index contributed by atoms with van der Waals surface area (Å²) in [5.41, 5.74) is 5.36. The number of carbonyl (C=O) groups excluding carboxylic acids is 2. The average molecular weight is 732 g/mol. The molecule has 12 nitrogen and oxygen atoms in total. The van der Waals surface area contributed by atoms with Gasteiger partial charge in [-0.1, -0.05) is 59.6 Å². The molecule has 2 aromatic carbocycles. The highest BCUT2D eigenvalue weighted by molar-refractivity contribution is 6.39. The first kappa shape index (κ1) is 35.1. The summed E-state index contributed by atoms with van der Waals surface area (Å²) in [7, 11) is 3.14. The van der Waals surface area contributed by atoms with Crippen molar-refractivity contribution in [2.45, 2.75) is 63.7 Å². The van der Waals surface area contributed by atoms with Crippen molar-refractivity contribution in [3.63, 3.8) is 0 Å². The summed E-state index contributed by atoms with van der Waals surface area (Å²) in [5, 5.41) is 13.8. The molecule has 0 bridgehead atoms. The van der Waals surface area contributed by atoms with Gasteiger partial charge >= 0.3 is 0 Å². The number of ether oxygens (including phenoxy) is 2. The zero-order valence-electron chi connectivity index (χ0n) is 28.5. The molecule has 266 valence electrons. The van der Waals surface area contributed by atoms with E-state index in [1.807, 2.05) is 36.4 Å². The Labute approximate surface area is 306 Å². The lowest BCUT2D eigenvalue weighted by atomic mass is 9.85. The maximum absolute atomic E-state index is 11.8. The molecule has 51 heavy (non-hydrogen) atoms. The Morgan fingerprint density at radius 3 is 2.00 bits per heavy atom. The van der Waals surface area contributed by atoms with Crippen molar-refractivity contribution in [1.82, 2.24) is 41.2 Å². The molecular formula is C37H40Cl2N8O4. The van der Waals surface area contributed by atoms with Gasteiger partial charge in [-0.15, -0.1) is 0 Å². The van der Waals surface area contributed by atoms with Gasteiger partial charge in [0.1, 0.15) is 11.4 Å². The smallest absolute Gasteiger partial charge is 0.237 e. The molecule has 14 heteroatoms. The molecule has 2 saturated heterocycles. The number of methoxy groups -OCH3 is 2. The first-order valence-electron chi connectivity index (χ1n) is 17.1. The molecule has 3 aliphatic rings. The molecule has 4 heterocycles. The summed E-state index contributed by atoms with van der Waals surface area (Å²) in [6.07, 6.45) is 8.36. The van der Waals surface area contributed by atoms with Crippen LogP contribution in [-0.4, -0.2) is 71.1 Å². The van der Waals surface area contributed by atoms with Crippen LogP contribution < -0.4 is 30.7 Å². The lowest BCUT2D eigenvalue weighted by Crippen LogP contribution is -2.35. The van der Waals surface area contributed by atoms with E-state index in [1.165, 1.54) is 0 Å². The van der Waals surface area contributed by atoms with Crippen molar-refractivity contribution < 1.29 is 19.1 Å². The Morgan fingerprint density at radius 2 is 1.45 bits per heavy atom. The van der Waals surface area contributed by atoms with Gasteiger partial charge in [-0.25, -0.2) is 9.97 Å². The van der Waals surface area contributed by atoms with Gasteiger partial charge in [-0.05, 0) is 31.1 Å². The highest BCUT2D eigenvalue weighted by Gasteiger charge is 2.44. The average Bonchev–Trinajstić information content (AvgIpc) is 3.86. The second-order valence-electron chi connectivity index (χ2n) is 13.5. The van der Waals surface area contributed by atoms with E-state index in [9.17, 15) is 9.59 Å². The van der Waals surface area contributed by atoms with Crippen molar-refractivity contribution in [3.05, 3.63) is 70.2 Å². The zero-order valence-corrected chi connectivity index (χ0v) is 30.0. The second-order valence-corrected chi connectivity index (χ2v) is 14.2. The topological polar surface area (TPSA) is 152 Å². The highest BCUT2D eigenvalue weighted by Crippen LogP contribution is 2.44. The van der Waals surface area contributed by atoms with Gasteiger partial charge in [0.2, 0.25) is 23.6 Å². The molecule has 4 N–H and O–H groups in total. The fourth-order valence-corrected chi connectivity index (χ4v) is 8.04. The summed E-state index contributed by atoms with van der Waals surface area (Å²) in [5.74, 6) is 1.04. The molecular weight excluding hydrogens is 691 g/mol. The quantitative estimate of drug-likeness (QED) is 0.155. The number of nitrogens with one attached hydrogen (secondary N) is 4. The van der Waals surface area contributed by atoms with Crippen molar-refractivity contribution >= 4 is 35.0 Å². The monoisotopic (exact) mass is 730 g/mol. The van der Waals surface area contributed by atoms with Crippen LogP contribution in [0.3, 0.4) is 0 Å². The highest BCUT2D eigenvalue weighted by atomic mass is 35.5. The van der Waals surface area contributed by atoms with Gasteiger partial charge in [-0.3, -0.25) is 19.6 Å². The Bertz CT molecular complexity index is 1960. The predicted octanol–water partition coefficient (Wildman–Crippen LogP) is 5.11. The SMILES string of the molecule is COc1nc(-c2cccc(-c3cccc(-c4cnc(CNC5CCC6(CNC(=O)C6)C5)c(OC)n4)c3Cl)c2Cl)cnc1CNC[C@H]1CCC(=O)N1. The predicted molar refractivity (Wildman–Crippen MR) is 194 cm³/mol. The number of amides is 2. The van der Waals surface area contributed by atoms with E-state index in [0.29, 0.717) is 94.2 Å². The van der Waals surface area contributed by atoms with Gasteiger partial charge < -0.3 is 30.7 Å². The van der Waals surface area contributed by atoms with Crippen molar-refractivity contribution in [1.29, 1.82) is 0 Å². The van der Waals surface area contributed by atoms with E-state index >= 15 is 0 Å². The zero-order chi connectivity index (χ0) is 35.5. The van der Waals surface area contributed by atoms with Crippen LogP contribution in [0.1, 0.15) is 49.9 Å². The van der Waals surface area contributed by atoms with Crippen LogP contribution in [0, 0.1) is 5.41 Å². The van der Waals surface area contributed by atoms with Gasteiger partial charge in [0.05, 0.1) is 48.0 Å². The third-order valence-electron chi connectivity index (χ3n) is 10.1. The van der Waals surface area contributed by atoms with Crippen LogP contribution in [0.25, 0.3) is 33.6 Å². The number of benzene rings is 2. The molecule has 0 radical (unpaired) electrons. The molecule has 7 rings (SSSR count). The first-order chi connectivity index (χ1) is 24.8. The summed E-state index contributed by atoms with van der Waals surface area (Å²) in [6, 6.07) is 11.8. The maximum Gasteiger partial charge on any atom is 0.237 e. The van der Waals surface area contributed by atoms with Crippen LogP contribution in [-0.2, 0) is 22.7 Å². The Hall–Kier alpha value is -4.36. The molecule has 2 amide bonds. The summed E-state index contributed by atoms with van der Waals surface area (Å²) in [6.45, 7) is 2.33. The van der Waals surface area contributed by atoms with Crippen LogP contribution in [0.4, 0.5) is 0 Å². The van der Waals surface area contributed by atoms with Crippen LogP contribution >= 0.6 is 23.2 Å². The number of hydrogen-bond acceptors (Lipinski definition) is 10. The van der Waals surface area contributed by atoms with Gasteiger partial charge in [0.25, 0.3) is 0 Å². The molecule has 1 saturated carbocycles. The minimum Gasteiger partial charge on any atom is -0.480 e. The standard InChI is InChI=1S/C37H40Cl2N8O4/c1-50-35-29(16-40-15-22-9-10-31(48)45-22)42-17-27(46-35)25-7-3-5-23(33(25)38)24-6-4-8-26(34(24)39)28-18-43-30(36(47-28)51-2)19-41-21-11-12-37(13-21)14-32(49)44-20-37/h3-8,17-18,21-22,40-41H,9-16,19-20H2,1-2H3,(H,44,49)(H,45,48)/t21?,22-,37?/m1/s1. The maximum atomic E-state index is 11.8. The third-order valence-corrected chi connectivity index (χ3v) is 10.9. The third kappa shape index (κ3) is 7.50. The number of aromatic nitrogens is 4. The molecule has 1 spiro atoms. The number of hydrogen-bond donors (Lipinski definition) is 4. The number of rotatable bonds is 12. The molecule has 2 aliphatic heterocycles. The van der Waals surface area contributed by atoms with Crippen LogP contribution in [0.2, 0.25) is 10.0 Å². The molecule has 2 unspecified atom stereocenters. The van der Waals surface area contributed by atoms with E-state index in [1.54, 1.807) is 26.6 Å². The fourth-order valence-electron chi connectivity index (χ4n) is 7.39. The van der Waals surface area contributed by atoms with Crippen molar-refractivity contribution in [3.8, 4) is 45.4 Å². The molecule has 2 aromatic heterocycles. The number of halogens is 2. The number of carbonyl (C=O) groups is 2. The first-order valence-corrected chi connectivity index (χ1v) is 17.9. The lowest BCUT2D eigenvalue weighted by Gasteiger charge is -2.21. The minimum atomic E-state index is 0.0679. The van der Waals surface area contributed by atoms with Crippen molar-refractivity contribution in [2.24, 2.45) is 5.41 Å². The van der Waals surface area contributed by atoms with E-state index in [2.05, 4.69) is 26.3 Å². The van der Waals surface area contributed by atoms with Crippen LogP contribution in [0.5, 0.6) is 11.8 Å². The molecule has 4 aromatic rings. The second kappa shape index (κ2) is 15.1. The summed E-state index contributed by atoms with van der Waals surface area (Å²) < 4.78 is 11.3. The van der Waals surface area contributed by atoms with Crippen molar-refractivity contribution in [2.75, 3.05) is 27.3 Å². The van der Waals surface area contributed by atoms with E-state index in [4.69, 9.17) is 47.6 Å². The summed E-state index contributed by atoms with van der Waals surface area (Å²) in [4.78, 5) is 42.2. The van der Waals surface area contributed by atoms with Gasteiger partial charge in [-0.2, -0.15) is 0 Å². The molecule has 3 fully saturated rings. The molecule has 1 aliphatic carbocycles. The van der Waals surface area contributed by atoms with Crippen LogP contribution in [0.15, 0.2) is 48.8 Å². The largest absolute Gasteiger partial charge is 0.480 e. The van der Waals surface area contributed by atoms with E-state index < -0.39 is 0 Å². The normalized spacial score (nSPS) is 21.3. The van der Waals surface area contributed by atoms with E-state index in [0.717, 1.165) is 43.4 Å². The fraction of sp³-hybridized carbons (Fsp3) is 0.405. The van der Waals surface area contributed by atoms with E-state index in [-0.39, 0.29) is 23.3 Å².